The van der Waals surface area contributed by atoms with E-state index in [2.05, 4.69) is 31.3 Å². The molecular formula is C16H25NO2. The topological polar surface area (TPSA) is 30.5 Å². The molecule has 1 aromatic carbocycles. The molecule has 0 spiro atoms. The van der Waals surface area contributed by atoms with Gasteiger partial charge in [0.25, 0.3) is 0 Å². The molecule has 1 N–H and O–H groups in total. The van der Waals surface area contributed by atoms with E-state index in [4.69, 9.17) is 9.47 Å². The highest BCUT2D eigenvalue weighted by Gasteiger charge is 2.17. The van der Waals surface area contributed by atoms with Crippen LogP contribution in [0.5, 0.6) is 5.75 Å². The first-order valence-electron chi connectivity index (χ1n) is 7.31. The maximum atomic E-state index is 5.72. The number of hydrogen-bond donors (Lipinski definition) is 1. The summed E-state index contributed by atoms with van der Waals surface area (Å²) in [6.45, 7) is 6.51. The van der Waals surface area contributed by atoms with Crippen LogP contribution in [0.1, 0.15) is 38.7 Å². The molecule has 3 nitrogen and oxygen atoms in total. The Morgan fingerprint density at radius 2 is 2.11 bits per heavy atom. The van der Waals surface area contributed by atoms with Gasteiger partial charge in [0.1, 0.15) is 12.4 Å². The maximum Gasteiger partial charge on any atom is 0.119 e. The summed E-state index contributed by atoms with van der Waals surface area (Å²) in [7, 11) is 0. The van der Waals surface area contributed by atoms with Gasteiger partial charge in [-0.1, -0.05) is 26.0 Å². The zero-order valence-electron chi connectivity index (χ0n) is 12.0. The van der Waals surface area contributed by atoms with Crippen molar-refractivity contribution in [3.05, 3.63) is 29.8 Å². The Morgan fingerprint density at radius 3 is 2.79 bits per heavy atom. The Kier molecular flexibility index (Phi) is 5.67. The molecule has 0 aliphatic heterocycles. The first-order valence-corrected chi connectivity index (χ1v) is 7.31. The summed E-state index contributed by atoms with van der Waals surface area (Å²) >= 11 is 0. The van der Waals surface area contributed by atoms with Gasteiger partial charge in [0, 0.05) is 12.6 Å². The highest BCUT2D eigenvalue weighted by molar-refractivity contribution is 5.28. The molecular weight excluding hydrogens is 238 g/mol. The summed E-state index contributed by atoms with van der Waals surface area (Å²) in [5.41, 5.74) is 1.26. The molecule has 0 aromatic heterocycles. The van der Waals surface area contributed by atoms with Gasteiger partial charge in [-0.25, -0.2) is 0 Å². The molecule has 1 aromatic rings. The van der Waals surface area contributed by atoms with Gasteiger partial charge in [-0.15, -0.1) is 0 Å². The van der Waals surface area contributed by atoms with Gasteiger partial charge in [-0.3, -0.25) is 0 Å². The van der Waals surface area contributed by atoms with Crippen LogP contribution in [-0.2, 0) is 11.3 Å². The van der Waals surface area contributed by atoms with E-state index < -0.39 is 0 Å². The monoisotopic (exact) mass is 263 g/mol. The lowest BCUT2D eigenvalue weighted by atomic mass is 9.96. The highest BCUT2D eigenvalue weighted by Crippen LogP contribution is 2.21. The van der Waals surface area contributed by atoms with Gasteiger partial charge in [0.2, 0.25) is 0 Å². The average molecular weight is 263 g/mol. The molecule has 2 rings (SSSR count). The molecule has 3 heteroatoms. The van der Waals surface area contributed by atoms with Gasteiger partial charge in [-0.2, -0.15) is 0 Å². The van der Waals surface area contributed by atoms with E-state index in [1.165, 1.54) is 24.8 Å². The number of ether oxygens (including phenoxy) is 2. The van der Waals surface area contributed by atoms with E-state index in [0.29, 0.717) is 25.4 Å². The van der Waals surface area contributed by atoms with Crippen molar-refractivity contribution in [3.63, 3.8) is 0 Å². The zero-order valence-corrected chi connectivity index (χ0v) is 12.0. The Labute approximate surface area is 116 Å². The molecule has 0 bridgehead atoms. The lowest BCUT2D eigenvalue weighted by Gasteiger charge is -2.25. The predicted octanol–water partition coefficient (Wildman–Crippen LogP) is 3.13. The Hall–Kier alpha value is -1.06. The van der Waals surface area contributed by atoms with Crippen molar-refractivity contribution >= 4 is 0 Å². The van der Waals surface area contributed by atoms with Crippen LogP contribution in [0.3, 0.4) is 0 Å². The van der Waals surface area contributed by atoms with Crippen LogP contribution in [0.2, 0.25) is 0 Å². The van der Waals surface area contributed by atoms with Crippen LogP contribution in [0.4, 0.5) is 0 Å². The van der Waals surface area contributed by atoms with Crippen LogP contribution in [0.25, 0.3) is 0 Å². The van der Waals surface area contributed by atoms with Gasteiger partial charge in [-0.05, 0) is 37.0 Å². The molecule has 1 fully saturated rings. The van der Waals surface area contributed by atoms with Crippen LogP contribution < -0.4 is 10.1 Å². The van der Waals surface area contributed by atoms with Crippen molar-refractivity contribution in [2.24, 2.45) is 0 Å². The summed E-state index contributed by atoms with van der Waals surface area (Å²) in [5.74, 6) is 0.931. The quantitative estimate of drug-likeness (QED) is 0.731. The third kappa shape index (κ3) is 5.21. The van der Waals surface area contributed by atoms with E-state index in [-0.39, 0.29) is 0 Å². The first-order chi connectivity index (χ1) is 9.24. The van der Waals surface area contributed by atoms with Crippen molar-refractivity contribution in [1.82, 2.24) is 5.32 Å². The van der Waals surface area contributed by atoms with Gasteiger partial charge in [0.05, 0.1) is 12.7 Å². The fourth-order valence-corrected chi connectivity index (χ4v) is 1.98. The first kappa shape index (κ1) is 14.4. The minimum Gasteiger partial charge on any atom is -0.491 e. The minimum absolute atomic E-state index is 0.491. The van der Waals surface area contributed by atoms with Gasteiger partial charge in [0.15, 0.2) is 0 Å². The van der Waals surface area contributed by atoms with Crippen molar-refractivity contribution in [2.75, 3.05) is 13.2 Å². The van der Waals surface area contributed by atoms with Gasteiger partial charge >= 0.3 is 0 Å². The number of nitrogens with one attached hydrogen (secondary N) is 1. The van der Waals surface area contributed by atoms with Crippen molar-refractivity contribution in [1.29, 1.82) is 0 Å². The molecule has 1 saturated carbocycles. The largest absolute Gasteiger partial charge is 0.491 e. The summed E-state index contributed by atoms with van der Waals surface area (Å²) in [6.07, 6.45) is 4.24. The third-order valence-electron chi connectivity index (χ3n) is 3.37. The molecule has 0 atom stereocenters. The molecule has 0 radical (unpaired) electrons. The molecule has 1 aliphatic carbocycles. The molecule has 19 heavy (non-hydrogen) atoms. The number of benzene rings is 1. The van der Waals surface area contributed by atoms with E-state index >= 15 is 0 Å². The number of hydrogen-bond acceptors (Lipinski definition) is 3. The molecule has 0 unspecified atom stereocenters. The lowest BCUT2D eigenvalue weighted by molar-refractivity contribution is -0.0103. The fraction of sp³-hybridized carbons (Fsp3) is 0.625. The van der Waals surface area contributed by atoms with Crippen molar-refractivity contribution in [2.45, 2.75) is 51.8 Å². The Morgan fingerprint density at radius 1 is 1.26 bits per heavy atom. The van der Waals surface area contributed by atoms with Crippen molar-refractivity contribution in [3.8, 4) is 5.75 Å². The summed E-state index contributed by atoms with van der Waals surface area (Å²) in [4.78, 5) is 0. The van der Waals surface area contributed by atoms with Crippen LogP contribution in [0, 0.1) is 0 Å². The lowest BCUT2D eigenvalue weighted by Crippen LogP contribution is -2.24. The Bertz CT molecular complexity index is 375. The number of rotatable bonds is 8. The summed E-state index contributed by atoms with van der Waals surface area (Å²) < 4.78 is 11.4. The summed E-state index contributed by atoms with van der Waals surface area (Å²) in [6, 6.07) is 8.76. The van der Waals surface area contributed by atoms with E-state index in [1.54, 1.807) is 0 Å². The fourth-order valence-electron chi connectivity index (χ4n) is 1.98. The summed E-state index contributed by atoms with van der Waals surface area (Å²) in [5, 5.41) is 3.41. The van der Waals surface area contributed by atoms with Gasteiger partial charge < -0.3 is 14.8 Å². The normalized spacial score (nSPS) is 15.5. The third-order valence-corrected chi connectivity index (χ3v) is 3.37. The van der Waals surface area contributed by atoms with E-state index in [9.17, 15) is 0 Å². The Balaban J connectivity index is 1.68. The second kappa shape index (κ2) is 7.51. The zero-order chi connectivity index (χ0) is 13.5. The highest BCUT2D eigenvalue weighted by atomic mass is 16.5. The van der Waals surface area contributed by atoms with Crippen LogP contribution in [-0.4, -0.2) is 25.4 Å². The minimum atomic E-state index is 0.491. The van der Waals surface area contributed by atoms with Crippen LogP contribution >= 0.6 is 0 Å². The standard InChI is InChI=1S/C16H25NO2/c1-13(2)17-12-14-5-3-8-16(11-14)19-10-9-18-15-6-4-7-15/h3,5,8,11,13,15,17H,4,6-7,9-10,12H2,1-2H3. The molecule has 106 valence electrons. The smallest absolute Gasteiger partial charge is 0.119 e. The molecule has 1 aliphatic rings. The predicted molar refractivity (Wildman–Crippen MR) is 77.5 cm³/mol. The average Bonchev–Trinajstić information content (AvgIpc) is 2.34. The second-order valence-electron chi connectivity index (χ2n) is 5.46. The van der Waals surface area contributed by atoms with E-state index in [1.807, 2.05) is 12.1 Å². The molecule has 0 saturated heterocycles. The molecule has 0 amide bonds. The van der Waals surface area contributed by atoms with E-state index in [0.717, 1.165) is 12.3 Å². The SMILES string of the molecule is CC(C)NCc1cccc(OCCOC2CCC2)c1. The van der Waals surface area contributed by atoms with Crippen LogP contribution in [0.15, 0.2) is 24.3 Å². The maximum absolute atomic E-state index is 5.72. The second-order valence-corrected chi connectivity index (χ2v) is 5.46. The van der Waals surface area contributed by atoms with Crippen molar-refractivity contribution < 1.29 is 9.47 Å². The molecule has 0 heterocycles.